The second-order valence-corrected chi connectivity index (χ2v) is 10.6. The zero-order valence-electron chi connectivity index (χ0n) is 20.5. The van der Waals surface area contributed by atoms with Gasteiger partial charge in [0.1, 0.15) is 24.7 Å². The van der Waals surface area contributed by atoms with Crippen LogP contribution in [0.2, 0.25) is 5.02 Å². The second kappa shape index (κ2) is 11.9. The molecule has 5 nitrogen and oxygen atoms in total. The summed E-state index contributed by atoms with van der Waals surface area (Å²) < 4.78 is 19.9. The number of halogens is 2. The summed E-state index contributed by atoms with van der Waals surface area (Å²) in [5, 5.41) is 2.66. The highest BCUT2D eigenvalue weighted by atomic mass is 35.5. The third kappa shape index (κ3) is 6.26. The van der Waals surface area contributed by atoms with Gasteiger partial charge in [-0.05, 0) is 71.8 Å². The molecule has 0 saturated carbocycles. The van der Waals surface area contributed by atoms with Gasteiger partial charge in [0, 0.05) is 28.6 Å². The summed E-state index contributed by atoms with van der Waals surface area (Å²) in [4.78, 5) is 31.6. The van der Waals surface area contributed by atoms with E-state index in [4.69, 9.17) is 16.3 Å². The number of benzene rings is 2. The number of rotatable bonds is 9. The number of carbonyl (C=O) groups is 2. The lowest BCUT2D eigenvalue weighted by Crippen LogP contribution is -2.48. The van der Waals surface area contributed by atoms with E-state index in [1.54, 1.807) is 46.6 Å². The zero-order chi connectivity index (χ0) is 25.7. The lowest BCUT2D eigenvalue weighted by atomic mass is 10.00. The van der Waals surface area contributed by atoms with Gasteiger partial charge >= 0.3 is 0 Å². The summed E-state index contributed by atoms with van der Waals surface area (Å²) in [6.07, 6.45) is 1.63. The van der Waals surface area contributed by atoms with Crippen molar-refractivity contribution in [2.24, 2.45) is 5.92 Å². The van der Waals surface area contributed by atoms with E-state index in [0.717, 1.165) is 18.4 Å². The maximum atomic E-state index is 13.8. The highest BCUT2D eigenvalue weighted by molar-refractivity contribution is 7.10. The summed E-state index contributed by atoms with van der Waals surface area (Å²) in [7, 11) is 0. The summed E-state index contributed by atoms with van der Waals surface area (Å²) in [5.74, 6) is -0.0935. The van der Waals surface area contributed by atoms with Crippen molar-refractivity contribution in [3.8, 4) is 5.75 Å². The Morgan fingerprint density at radius 1 is 1.22 bits per heavy atom. The minimum atomic E-state index is -0.476. The van der Waals surface area contributed by atoms with Crippen molar-refractivity contribution in [1.29, 1.82) is 0 Å². The SMILES string of the molecule is CC[C@@H](C)CN(CC(=O)N1CCc2sccc2[C@@H]1COc1ccc(Cl)cc1)C(=O)c1cccc(F)c1. The molecule has 0 saturated heterocycles. The lowest BCUT2D eigenvalue weighted by Gasteiger charge is -2.37. The molecule has 2 aromatic carbocycles. The number of ether oxygens (including phenoxy) is 1. The smallest absolute Gasteiger partial charge is 0.254 e. The van der Waals surface area contributed by atoms with E-state index < -0.39 is 5.82 Å². The number of hydrogen-bond acceptors (Lipinski definition) is 4. The highest BCUT2D eigenvalue weighted by Gasteiger charge is 2.34. The number of nitrogens with zero attached hydrogens (tertiary/aromatic N) is 2. The average Bonchev–Trinajstić information content (AvgIpc) is 3.36. The first-order valence-corrected chi connectivity index (χ1v) is 13.4. The molecule has 3 aromatic rings. The molecule has 2 atom stereocenters. The van der Waals surface area contributed by atoms with Crippen LogP contribution in [0.4, 0.5) is 4.39 Å². The summed E-state index contributed by atoms with van der Waals surface area (Å²) in [5.41, 5.74) is 1.32. The van der Waals surface area contributed by atoms with Gasteiger partial charge in [-0.15, -0.1) is 11.3 Å². The Labute approximate surface area is 220 Å². The zero-order valence-corrected chi connectivity index (χ0v) is 22.0. The predicted octanol–water partition coefficient (Wildman–Crippen LogP) is 6.23. The van der Waals surface area contributed by atoms with Gasteiger partial charge in [-0.25, -0.2) is 4.39 Å². The van der Waals surface area contributed by atoms with E-state index in [-0.39, 0.29) is 35.9 Å². The number of thiophene rings is 1. The molecular weight excluding hydrogens is 499 g/mol. The van der Waals surface area contributed by atoms with Crippen molar-refractivity contribution in [1.82, 2.24) is 9.80 Å². The van der Waals surface area contributed by atoms with Crippen LogP contribution in [0.1, 0.15) is 47.1 Å². The van der Waals surface area contributed by atoms with Gasteiger partial charge in [0.15, 0.2) is 0 Å². The minimum Gasteiger partial charge on any atom is -0.491 e. The second-order valence-electron chi connectivity index (χ2n) is 9.13. The molecule has 1 aromatic heterocycles. The van der Waals surface area contributed by atoms with E-state index in [1.165, 1.54) is 23.1 Å². The maximum absolute atomic E-state index is 13.8. The molecule has 0 unspecified atom stereocenters. The lowest BCUT2D eigenvalue weighted by molar-refractivity contribution is -0.135. The number of fused-ring (bicyclic) bond motifs is 1. The Balaban J connectivity index is 1.54. The van der Waals surface area contributed by atoms with Crippen molar-refractivity contribution in [2.45, 2.75) is 32.7 Å². The summed E-state index contributed by atoms with van der Waals surface area (Å²) in [6, 6.07) is 14.5. The van der Waals surface area contributed by atoms with Gasteiger partial charge in [0.2, 0.25) is 5.91 Å². The highest BCUT2D eigenvalue weighted by Crippen LogP contribution is 2.34. The Morgan fingerprint density at radius 3 is 2.72 bits per heavy atom. The first kappa shape index (κ1) is 26.2. The molecular formula is C28H30ClFN2O3S. The van der Waals surface area contributed by atoms with Gasteiger partial charge in [-0.1, -0.05) is 37.9 Å². The van der Waals surface area contributed by atoms with Crippen LogP contribution in [0.3, 0.4) is 0 Å². The molecule has 0 fully saturated rings. The van der Waals surface area contributed by atoms with Crippen LogP contribution in [-0.4, -0.2) is 47.9 Å². The summed E-state index contributed by atoms with van der Waals surface area (Å²) in [6.45, 7) is 5.27. The first-order chi connectivity index (χ1) is 17.4. The maximum Gasteiger partial charge on any atom is 0.254 e. The molecule has 2 heterocycles. The minimum absolute atomic E-state index is 0.0728. The summed E-state index contributed by atoms with van der Waals surface area (Å²) >= 11 is 7.68. The standard InChI is InChI=1S/C28H30ClFN2O3S/c1-3-19(2)16-31(28(34)20-5-4-6-22(30)15-20)17-27(33)32-13-11-26-24(12-14-36-26)25(32)18-35-23-9-7-21(29)8-10-23/h4-10,12,14-15,19,25H,3,11,13,16-18H2,1-2H3/t19-,25+/m1/s1. The van der Waals surface area contributed by atoms with Crippen molar-refractivity contribution in [3.63, 3.8) is 0 Å². The average molecular weight is 529 g/mol. The fraction of sp³-hybridized carbons (Fsp3) is 0.357. The Kier molecular flexibility index (Phi) is 8.64. The van der Waals surface area contributed by atoms with Crippen LogP contribution in [0, 0.1) is 11.7 Å². The topological polar surface area (TPSA) is 49.9 Å². The Bertz CT molecular complexity index is 1200. The molecule has 190 valence electrons. The third-order valence-electron chi connectivity index (χ3n) is 6.55. The molecule has 1 aliphatic heterocycles. The predicted molar refractivity (Wildman–Crippen MR) is 141 cm³/mol. The van der Waals surface area contributed by atoms with Crippen LogP contribution in [0.5, 0.6) is 5.75 Å². The van der Waals surface area contributed by atoms with Gasteiger partial charge in [-0.3, -0.25) is 9.59 Å². The van der Waals surface area contributed by atoms with Crippen LogP contribution in [0.25, 0.3) is 0 Å². The number of hydrogen-bond donors (Lipinski definition) is 0. The van der Waals surface area contributed by atoms with E-state index in [0.29, 0.717) is 30.5 Å². The van der Waals surface area contributed by atoms with Crippen LogP contribution in [-0.2, 0) is 11.2 Å². The van der Waals surface area contributed by atoms with Crippen LogP contribution in [0.15, 0.2) is 60.0 Å². The van der Waals surface area contributed by atoms with E-state index in [1.807, 2.05) is 30.2 Å². The third-order valence-corrected chi connectivity index (χ3v) is 7.80. The molecule has 0 N–H and O–H groups in total. The van der Waals surface area contributed by atoms with Gasteiger partial charge in [0.05, 0.1) is 6.04 Å². The number of carbonyl (C=O) groups excluding carboxylic acids is 2. The van der Waals surface area contributed by atoms with E-state index in [2.05, 4.69) is 0 Å². The Hall–Kier alpha value is -2.90. The monoisotopic (exact) mass is 528 g/mol. The molecule has 0 radical (unpaired) electrons. The van der Waals surface area contributed by atoms with E-state index in [9.17, 15) is 14.0 Å². The van der Waals surface area contributed by atoms with Crippen molar-refractivity contribution >= 4 is 34.8 Å². The largest absolute Gasteiger partial charge is 0.491 e. The molecule has 4 rings (SSSR count). The molecule has 0 aliphatic carbocycles. The van der Waals surface area contributed by atoms with Crippen LogP contribution >= 0.6 is 22.9 Å². The molecule has 8 heteroatoms. The van der Waals surface area contributed by atoms with Gasteiger partial charge < -0.3 is 14.5 Å². The fourth-order valence-corrected chi connectivity index (χ4v) is 5.42. The van der Waals surface area contributed by atoms with Gasteiger partial charge in [0.25, 0.3) is 5.91 Å². The fourth-order valence-electron chi connectivity index (χ4n) is 4.36. The molecule has 36 heavy (non-hydrogen) atoms. The molecule has 2 amide bonds. The Morgan fingerprint density at radius 2 is 2.00 bits per heavy atom. The molecule has 0 bridgehead atoms. The molecule has 1 aliphatic rings. The number of amides is 2. The van der Waals surface area contributed by atoms with Gasteiger partial charge in [-0.2, -0.15) is 0 Å². The quantitative estimate of drug-likeness (QED) is 0.330. The van der Waals surface area contributed by atoms with Crippen LogP contribution < -0.4 is 4.74 Å². The van der Waals surface area contributed by atoms with Crippen molar-refractivity contribution in [2.75, 3.05) is 26.2 Å². The van der Waals surface area contributed by atoms with E-state index >= 15 is 0 Å². The normalized spacial score (nSPS) is 15.8. The van der Waals surface area contributed by atoms with Crippen molar-refractivity contribution < 1.29 is 18.7 Å². The molecule has 0 spiro atoms. The van der Waals surface area contributed by atoms with Crippen molar-refractivity contribution in [3.05, 3.63) is 86.8 Å². The first-order valence-electron chi connectivity index (χ1n) is 12.1.